The van der Waals surface area contributed by atoms with Crippen molar-refractivity contribution in [3.63, 3.8) is 0 Å². The third-order valence-electron chi connectivity index (χ3n) is 8.54. The molecule has 0 saturated heterocycles. The van der Waals surface area contributed by atoms with Crippen molar-refractivity contribution < 1.29 is 18.0 Å². The second-order valence-electron chi connectivity index (χ2n) is 12.1. The topological polar surface area (TPSA) is 217 Å². The molecule has 5 aromatic heterocycles. The van der Waals surface area contributed by atoms with Crippen LogP contribution >= 0.6 is 0 Å². The molecule has 258 valence electrons. The van der Waals surface area contributed by atoms with Gasteiger partial charge in [0.15, 0.2) is 11.6 Å². The minimum atomic E-state index is -3.67. The number of nitrogens with zero attached hydrogens (tertiary/aromatic N) is 8. The smallest absolute Gasteiger partial charge is 0.276 e. The van der Waals surface area contributed by atoms with Gasteiger partial charge in [0.05, 0.1) is 17.5 Å². The first-order chi connectivity index (χ1) is 25.2. The first-order valence-corrected chi connectivity index (χ1v) is 17.8. The van der Waals surface area contributed by atoms with Crippen molar-refractivity contribution >= 4 is 50.3 Å². The van der Waals surface area contributed by atoms with E-state index < -0.39 is 21.8 Å². The van der Waals surface area contributed by atoms with Gasteiger partial charge in [0.1, 0.15) is 17.1 Å². The average molecular weight is 713 g/mol. The van der Waals surface area contributed by atoms with Gasteiger partial charge < -0.3 is 9.97 Å². The Hall–Kier alpha value is -6.88. The zero-order chi connectivity index (χ0) is 35.8. The minimum Gasteiger partial charge on any atom is -0.306 e. The Balaban J connectivity index is 1.03. The summed E-state index contributed by atoms with van der Waals surface area (Å²) in [6, 6.07) is 24.7. The van der Waals surface area contributed by atoms with Crippen LogP contribution in [0.5, 0.6) is 0 Å². The van der Waals surface area contributed by atoms with Crippen LogP contribution < -0.4 is 14.9 Å². The fourth-order valence-electron chi connectivity index (χ4n) is 6.04. The first kappa shape index (κ1) is 32.3. The Bertz CT molecular complexity index is 2580. The highest BCUT2D eigenvalue weighted by Crippen LogP contribution is 2.37. The molecule has 7 aromatic rings. The van der Waals surface area contributed by atoms with Crippen LogP contribution in [-0.2, 0) is 16.4 Å². The molecule has 1 aliphatic rings. The predicted molar refractivity (Wildman–Crippen MR) is 192 cm³/mol. The molecule has 1 atom stereocenters. The number of H-pyrrole nitrogens is 2. The number of rotatable bonds is 8. The predicted octanol–water partition coefficient (Wildman–Crippen LogP) is 4.21. The zero-order valence-corrected chi connectivity index (χ0v) is 28.2. The number of amides is 2. The summed E-state index contributed by atoms with van der Waals surface area (Å²) in [7, 11) is -3.67. The van der Waals surface area contributed by atoms with Crippen LogP contribution in [0.3, 0.4) is 0 Å². The van der Waals surface area contributed by atoms with Gasteiger partial charge >= 0.3 is 0 Å². The summed E-state index contributed by atoms with van der Waals surface area (Å²) in [4.78, 5) is 45.4. The lowest BCUT2D eigenvalue weighted by Gasteiger charge is -2.35. The number of benzene rings is 2. The molecule has 0 radical (unpaired) electrons. The summed E-state index contributed by atoms with van der Waals surface area (Å²) in [5, 5.41) is 22.3. The number of aromatic nitrogens is 9. The maximum Gasteiger partial charge on any atom is 0.276 e. The molecule has 0 aliphatic carbocycles. The number of pyridine rings is 3. The normalized spacial score (nSPS) is 14.2. The highest BCUT2D eigenvalue weighted by Gasteiger charge is 2.31. The van der Waals surface area contributed by atoms with Crippen molar-refractivity contribution in [2.75, 3.05) is 27.7 Å². The zero-order valence-electron chi connectivity index (χ0n) is 27.3. The molecule has 16 nitrogen and oxygen atoms in total. The molecule has 0 bridgehead atoms. The van der Waals surface area contributed by atoms with Crippen LogP contribution in [-0.4, -0.2) is 78.3 Å². The third-order valence-corrected chi connectivity index (χ3v) is 9.68. The fraction of sp³-hybridized carbons (Fsp3) is 0.114. The van der Waals surface area contributed by atoms with Crippen molar-refractivity contribution in [2.24, 2.45) is 0 Å². The summed E-state index contributed by atoms with van der Waals surface area (Å²) in [6.45, 7) is 0.182. The van der Waals surface area contributed by atoms with E-state index in [4.69, 9.17) is 0 Å². The maximum absolute atomic E-state index is 13.3. The largest absolute Gasteiger partial charge is 0.306 e. The third kappa shape index (κ3) is 6.54. The molecule has 1 aliphatic heterocycles. The van der Waals surface area contributed by atoms with Gasteiger partial charge in [-0.3, -0.25) is 34.5 Å². The molecular formula is C35H28N12O4S. The quantitative estimate of drug-likeness (QED) is 0.175. The van der Waals surface area contributed by atoms with E-state index in [1.54, 1.807) is 67.0 Å². The Morgan fingerprint density at radius 3 is 2.06 bits per heavy atom. The molecule has 0 fully saturated rings. The molecule has 0 spiro atoms. The molecule has 52 heavy (non-hydrogen) atoms. The number of hydrogen-bond acceptors (Lipinski definition) is 11. The lowest BCUT2D eigenvalue weighted by molar-refractivity contribution is 0.101. The standard InChI is InChI=1S/C35H28N12O4S/c1-52(50,51)47-19-24(17-23-16-22(11-13-29(23)47)32(48)41-34-39-30(43-45-34)25-6-2-4-14-36-25)21-9-8-20-10-12-27(38-28(20)18-21)33(49)42-35-40-31(44-46-35)26-7-3-5-15-37-26/h2-16,18,24H,17,19H2,1H3,(H2,39,41,43,45,48)(H2,40,42,44,46,49). The van der Waals surface area contributed by atoms with Gasteiger partial charge in [-0.1, -0.05) is 30.3 Å². The molecule has 8 rings (SSSR count). The summed E-state index contributed by atoms with van der Waals surface area (Å²) in [5.41, 5.74) is 4.18. The molecular weight excluding hydrogens is 685 g/mol. The first-order valence-electron chi connectivity index (χ1n) is 16.0. The van der Waals surface area contributed by atoms with E-state index in [9.17, 15) is 18.0 Å². The maximum atomic E-state index is 13.3. The summed E-state index contributed by atoms with van der Waals surface area (Å²) < 4.78 is 27.4. The van der Waals surface area contributed by atoms with Crippen LogP contribution in [0.15, 0.2) is 97.3 Å². The molecule has 0 saturated carbocycles. The van der Waals surface area contributed by atoms with Gasteiger partial charge in [-0.25, -0.2) is 13.4 Å². The second kappa shape index (κ2) is 13.1. The van der Waals surface area contributed by atoms with E-state index in [0.717, 1.165) is 17.2 Å². The van der Waals surface area contributed by atoms with Gasteiger partial charge in [-0.05, 0) is 72.1 Å². The van der Waals surface area contributed by atoms with Gasteiger partial charge in [0.25, 0.3) is 11.8 Å². The number of nitrogens with one attached hydrogen (secondary N) is 4. The number of anilines is 3. The molecule has 17 heteroatoms. The van der Waals surface area contributed by atoms with Crippen LogP contribution in [0.1, 0.15) is 37.9 Å². The average Bonchev–Trinajstić information content (AvgIpc) is 3.84. The molecule has 2 aromatic carbocycles. The van der Waals surface area contributed by atoms with Gasteiger partial charge in [-0.15, -0.1) is 20.4 Å². The van der Waals surface area contributed by atoms with E-state index in [0.29, 0.717) is 51.8 Å². The second-order valence-corrected chi connectivity index (χ2v) is 14.0. The van der Waals surface area contributed by atoms with Crippen molar-refractivity contribution in [1.82, 2.24) is 45.3 Å². The van der Waals surface area contributed by atoms with Crippen molar-refractivity contribution in [3.8, 4) is 23.0 Å². The summed E-state index contributed by atoms with van der Waals surface area (Å²) >= 11 is 0. The van der Waals surface area contributed by atoms with E-state index in [2.05, 4.69) is 55.9 Å². The van der Waals surface area contributed by atoms with Gasteiger partial charge in [-0.2, -0.15) is 0 Å². The molecule has 2 amide bonds. The highest BCUT2D eigenvalue weighted by atomic mass is 32.2. The van der Waals surface area contributed by atoms with E-state index in [1.807, 2.05) is 30.3 Å². The van der Waals surface area contributed by atoms with Crippen LogP contribution in [0.2, 0.25) is 0 Å². The Labute approximate surface area is 295 Å². The van der Waals surface area contributed by atoms with Crippen molar-refractivity contribution in [2.45, 2.75) is 12.3 Å². The highest BCUT2D eigenvalue weighted by molar-refractivity contribution is 7.92. The van der Waals surface area contributed by atoms with Gasteiger partial charge in [0, 0.05) is 35.8 Å². The van der Waals surface area contributed by atoms with Crippen LogP contribution in [0.4, 0.5) is 17.6 Å². The van der Waals surface area contributed by atoms with E-state index in [-0.39, 0.29) is 30.1 Å². The molecule has 6 heterocycles. The lowest BCUT2D eigenvalue weighted by Crippen LogP contribution is -2.38. The summed E-state index contributed by atoms with van der Waals surface area (Å²) in [5.74, 6) is -0.123. The monoisotopic (exact) mass is 712 g/mol. The van der Waals surface area contributed by atoms with E-state index >= 15 is 0 Å². The molecule has 1 unspecified atom stereocenters. The van der Waals surface area contributed by atoms with E-state index in [1.165, 1.54) is 4.31 Å². The van der Waals surface area contributed by atoms with Crippen LogP contribution in [0.25, 0.3) is 33.9 Å². The van der Waals surface area contributed by atoms with Crippen LogP contribution in [0, 0.1) is 0 Å². The number of fused-ring (bicyclic) bond motifs is 2. The number of sulfonamides is 1. The number of aromatic amines is 2. The Morgan fingerprint density at radius 1 is 0.769 bits per heavy atom. The minimum absolute atomic E-state index is 0.144. The fourth-order valence-corrected chi connectivity index (χ4v) is 7.02. The Kier molecular flexibility index (Phi) is 8.15. The van der Waals surface area contributed by atoms with Crippen molar-refractivity contribution in [3.05, 3.63) is 120 Å². The van der Waals surface area contributed by atoms with Crippen molar-refractivity contribution in [1.29, 1.82) is 0 Å². The number of carbonyl (C=O) groups is 2. The Morgan fingerprint density at radius 2 is 1.42 bits per heavy atom. The summed E-state index contributed by atoms with van der Waals surface area (Å²) in [6.07, 6.45) is 4.86. The lowest BCUT2D eigenvalue weighted by atomic mass is 9.87. The number of carbonyl (C=O) groups excluding carboxylic acids is 2. The molecule has 4 N–H and O–H groups in total. The van der Waals surface area contributed by atoms with Gasteiger partial charge in [0.2, 0.25) is 21.9 Å². The number of hydrogen-bond donors (Lipinski definition) is 4. The SMILES string of the molecule is CS(=O)(=O)N1CC(c2ccc3ccc(C(=O)Nc4nnc(-c5ccccn5)[nH]4)nc3c2)Cc2cc(C(=O)Nc3nnc(-c4ccccn4)[nH]3)ccc21.